The molecule has 0 bridgehead atoms. The van der Waals surface area contributed by atoms with E-state index in [2.05, 4.69) is 10.2 Å². The van der Waals surface area contributed by atoms with Gasteiger partial charge >= 0.3 is 0 Å². The summed E-state index contributed by atoms with van der Waals surface area (Å²) >= 11 is 5.54. The SMILES string of the molecule is CCOCc1cc(Cl)n[nH]1. The van der Waals surface area contributed by atoms with E-state index in [1.807, 2.05) is 6.92 Å². The first-order valence-corrected chi connectivity index (χ1v) is 3.48. The molecule has 0 fully saturated rings. The summed E-state index contributed by atoms with van der Waals surface area (Å²) in [6.07, 6.45) is 0. The van der Waals surface area contributed by atoms with Crippen LogP contribution in [0.4, 0.5) is 0 Å². The standard InChI is InChI=1S/C6H9ClN2O/c1-2-10-4-5-3-6(7)9-8-5/h3H,2,4H2,1H3,(H,8,9). The molecule has 0 radical (unpaired) electrons. The summed E-state index contributed by atoms with van der Waals surface area (Å²) in [4.78, 5) is 0. The van der Waals surface area contributed by atoms with Gasteiger partial charge in [-0.1, -0.05) is 11.6 Å². The van der Waals surface area contributed by atoms with Crippen molar-refractivity contribution >= 4 is 11.6 Å². The van der Waals surface area contributed by atoms with Crippen LogP contribution in [0.1, 0.15) is 12.6 Å². The van der Waals surface area contributed by atoms with Crippen LogP contribution in [0.25, 0.3) is 0 Å². The minimum Gasteiger partial charge on any atom is -0.375 e. The van der Waals surface area contributed by atoms with E-state index >= 15 is 0 Å². The fourth-order valence-corrected chi connectivity index (χ4v) is 0.793. The number of aromatic amines is 1. The van der Waals surface area contributed by atoms with E-state index in [-0.39, 0.29) is 0 Å². The van der Waals surface area contributed by atoms with Crippen molar-refractivity contribution in [1.82, 2.24) is 10.2 Å². The van der Waals surface area contributed by atoms with E-state index < -0.39 is 0 Å². The first-order chi connectivity index (χ1) is 4.83. The average Bonchev–Trinajstić information content (AvgIpc) is 2.31. The Morgan fingerprint density at radius 1 is 1.80 bits per heavy atom. The molecule has 0 unspecified atom stereocenters. The van der Waals surface area contributed by atoms with Crippen LogP contribution in [0.3, 0.4) is 0 Å². The van der Waals surface area contributed by atoms with E-state index in [1.165, 1.54) is 0 Å². The molecule has 1 N–H and O–H groups in total. The van der Waals surface area contributed by atoms with Gasteiger partial charge in [0.2, 0.25) is 0 Å². The van der Waals surface area contributed by atoms with E-state index in [9.17, 15) is 0 Å². The Morgan fingerprint density at radius 2 is 2.60 bits per heavy atom. The molecule has 4 heteroatoms. The van der Waals surface area contributed by atoms with Crippen LogP contribution in [-0.4, -0.2) is 16.8 Å². The van der Waals surface area contributed by atoms with Gasteiger partial charge in [0.15, 0.2) is 5.15 Å². The highest BCUT2D eigenvalue weighted by Crippen LogP contribution is 2.05. The molecule has 56 valence electrons. The van der Waals surface area contributed by atoms with Gasteiger partial charge < -0.3 is 4.74 Å². The number of nitrogens with zero attached hydrogens (tertiary/aromatic N) is 1. The summed E-state index contributed by atoms with van der Waals surface area (Å²) in [6, 6.07) is 1.75. The molecule has 1 aromatic heterocycles. The van der Waals surface area contributed by atoms with E-state index in [1.54, 1.807) is 6.07 Å². The zero-order valence-electron chi connectivity index (χ0n) is 5.72. The number of rotatable bonds is 3. The van der Waals surface area contributed by atoms with E-state index in [0.29, 0.717) is 18.4 Å². The molecule has 1 aromatic rings. The number of aromatic nitrogens is 2. The second-order valence-corrected chi connectivity index (χ2v) is 2.24. The van der Waals surface area contributed by atoms with Crippen molar-refractivity contribution < 1.29 is 4.74 Å². The van der Waals surface area contributed by atoms with Gasteiger partial charge in [0.25, 0.3) is 0 Å². The third-order valence-corrected chi connectivity index (χ3v) is 1.25. The van der Waals surface area contributed by atoms with Crippen LogP contribution in [0.5, 0.6) is 0 Å². The van der Waals surface area contributed by atoms with Gasteiger partial charge in [-0.2, -0.15) is 5.10 Å². The van der Waals surface area contributed by atoms with Gasteiger partial charge in [-0.25, -0.2) is 0 Å². The third-order valence-electron chi connectivity index (χ3n) is 1.06. The number of hydrogen-bond donors (Lipinski definition) is 1. The van der Waals surface area contributed by atoms with Crippen molar-refractivity contribution in [3.05, 3.63) is 16.9 Å². The van der Waals surface area contributed by atoms with Gasteiger partial charge in [-0.3, -0.25) is 5.10 Å². The van der Waals surface area contributed by atoms with Crippen LogP contribution in [-0.2, 0) is 11.3 Å². The lowest BCUT2D eigenvalue weighted by atomic mass is 10.5. The highest BCUT2D eigenvalue weighted by molar-refractivity contribution is 6.29. The normalized spacial score (nSPS) is 10.2. The van der Waals surface area contributed by atoms with Crippen molar-refractivity contribution in [2.75, 3.05) is 6.61 Å². The number of H-pyrrole nitrogens is 1. The Bertz CT molecular complexity index is 199. The Kier molecular flexibility index (Phi) is 2.71. The van der Waals surface area contributed by atoms with Crippen LogP contribution >= 0.6 is 11.6 Å². The number of halogens is 1. The first kappa shape index (κ1) is 7.57. The quantitative estimate of drug-likeness (QED) is 0.730. The summed E-state index contributed by atoms with van der Waals surface area (Å²) in [5.41, 5.74) is 0.909. The number of ether oxygens (including phenoxy) is 1. The molecule has 1 heterocycles. The maximum absolute atomic E-state index is 5.54. The number of nitrogens with one attached hydrogen (secondary N) is 1. The van der Waals surface area contributed by atoms with Crippen LogP contribution < -0.4 is 0 Å². The molecule has 0 aliphatic heterocycles. The van der Waals surface area contributed by atoms with Crippen LogP contribution in [0.2, 0.25) is 5.15 Å². The van der Waals surface area contributed by atoms with Gasteiger partial charge in [-0.05, 0) is 6.92 Å². The first-order valence-electron chi connectivity index (χ1n) is 3.10. The Morgan fingerprint density at radius 3 is 3.10 bits per heavy atom. The van der Waals surface area contributed by atoms with Gasteiger partial charge in [-0.15, -0.1) is 0 Å². The molecule has 0 amide bonds. The highest BCUT2D eigenvalue weighted by atomic mass is 35.5. The molecular formula is C6H9ClN2O. The Hall–Kier alpha value is -0.540. The highest BCUT2D eigenvalue weighted by Gasteiger charge is 1.95. The lowest BCUT2D eigenvalue weighted by Gasteiger charge is -1.94. The van der Waals surface area contributed by atoms with Gasteiger partial charge in [0.1, 0.15) is 0 Å². The monoisotopic (exact) mass is 160 g/mol. The molecule has 0 saturated carbocycles. The van der Waals surface area contributed by atoms with Crippen molar-refractivity contribution in [3.8, 4) is 0 Å². The zero-order chi connectivity index (χ0) is 7.40. The van der Waals surface area contributed by atoms with Crippen molar-refractivity contribution in [1.29, 1.82) is 0 Å². The van der Waals surface area contributed by atoms with Crippen LogP contribution in [0, 0.1) is 0 Å². The van der Waals surface area contributed by atoms with Gasteiger partial charge in [0.05, 0.1) is 12.3 Å². The zero-order valence-corrected chi connectivity index (χ0v) is 6.48. The van der Waals surface area contributed by atoms with Crippen molar-refractivity contribution in [3.63, 3.8) is 0 Å². The molecule has 0 aromatic carbocycles. The predicted octanol–water partition coefficient (Wildman–Crippen LogP) is 1.60. The molecule has 10 heavy (non-hydrogen) atoms. The second-order valence-electron chi connectivity index (χ2n) is 1.85. The van der Waals surface area contributed by atoms with E-state index in [0.717, 1.165) is 5.69 Å². The fourth-order valence-electron chi connectivity index (χ4n) is 0.619. The molecule has 0 spiro atoms. The largest absolute Gasteiger partial charge is 0.375 e. The van der Waals surface area contributed by atoms with Crippen molar-refractivity contribution in [2.45, 2.75) is 13.5 Å². The number of hydrogen-bond acceptors (Lipinski definition) is 2. The lowest BCUT2D eigenvalue weighted by Crippen LogP contribution is -1.91. The second kappa shape index (κ2) is 3.58. The third kappa shape index (κ3) is 2.01. The summed E-state index contributed by atoms with van der Waals surface area (Å²) in [5.74, 6) is 0. The molecule has 0 atom stereocenters. The lowest BCUT2D eigenvalue weighted by molar-refractivity contribution is 0.131. The molecular weight excluding hydrogens is 152 g/mol. The molecule has 3 nitrogen and oxygen atoms in total. The average molecular weight is 161 g/mol. The van der Waals surface area contributed by atoms with E-state index in [4.69, 9.17) is 16.3 Å². The molecule has 0 saturated heterocycles. The summed E-state index contributed by atoms with van der Waals surface area (Å²) in [6.45, 7) is 3.20. The topological polar surface area (TPSA) is 37.9 Å². The molecule has 1 rings (SSSR count). The van der Waals surface area contributed by atoms with Crippen LogP contribution in [0.15, 0.2) is 6.07 Å². The fraction of sp³-hybridized carbons (Fsp3) is 0.500. The Labute approximate surface area is 64.3 Å². The summed E-state index contributed by atoms with van der Waals surface area (Å²) < 4.78 is 5.10. The minimum atomic E-state index is 0.481. The maximum Gasteiger partial charge on any atom is 0.151 e. The molecule has 0 aliphatic carbocycles. The molecule has 0 aliphatic rings. The summed E-state index contributed by atoms with van der Waals surface area (Å²) in [5, 5.41) is 6.94. The predicted molar refractivity (Wildman–Crippen MR) is 38.9 cm³/mol. The van der Waals surface area contributed by atoms with Gasteiger partial charge in [0, 0.05) is 12.7 Å². The summed E-state index contributed by atoms with van der Waals surface area (Å²) in [7, 11) is 0. The van der Waals surface area contributed by atoms with Crippen molar-refractivity contribution in [2.24, 2.45) is 0 Å². The maximum atomic E-state index is 5.54. The smallest absolute Gasteiger partial charge is 0.151 e. The Balaban J connectivity index is 2.42. The minimum absolute atomic E-state index is 0.481.